The number of hydrogen-bond donors (Lipinski definition) is 1. The molecule has 5 nitrogen and oxygen atoms in total. The zero-order valence-corrected chi connectivity index (χ0v) is 14.9. The first-order valence-corrected chi connectivity index (χ1v) is 8.48. The minimum absolute atomic E-state index is 0.238. The van der Waals surface area contributed by atoms with Gasteiger partial charge in [-0.15, -0.1) is 10.2 Å². The maximum atomic E-state index is 12.4. The lowest BCUT2D eigenvalue weighted by Gasteiger charge is -2.17. The van der Waals surface area contributed by atoms with E-state index in [2.05, 4.69) is 36.3 Å². The third kappa shape index (κ3) is 4.54. The molecule has 0 aliphatic rings. The number of aromatic nitrogens is 2. The van der Waals surface area contributed by atoms with Crippen molar-refractivity contribution in [3.05, 3.63) is 47.7 Å². The molecular weight excluding hydrogens is 300 g/mol. The van der Waals surface area contributed by atoms with Crippen LogP contribution in [0.4, 0.5) is 11.5 Å². The molecule has 2 rings (SSSR count). The molecule has 0 saturated heterocycles. The van der Waals surface area contributed by atoms with Crippen LogP contribution in [-0.4, -0.2) is 29.7 Å². The van der Waals surface area contributed by atoms with E-state index in [1.807, 2.05) is 42.3 Å². The Balaban J connectivity index is 2.08. The Morgan fingerprint density at radius 2 is 1.92 bits per heavy atom. The lowest BCUT2D eigenvalue weighted by molar-refractivity contribution is 0.102. The Kier molecular flexibility index (Phi) is 6.29. The molecule has 1 aromatic carbocycles. The van der Waals surface area contributed by atoms with Crippen LogP contribution in [0.3, 0.4) is 0 Å². The summed E-state index contributed by atoms with van der Waals surface area (Å²) in [6.07, 6.45) is 2.24. The average Bonchev–Trinajstić information content (AvgIpc) is 2.60. The molecular formula is C19H26N4O. The first-order valence-electron chi connectivity index (χ1n) is 8.48. The van der Waals surface area contributed by atoms with Crippen LogP contribution >= 0.6 is 0 Å². The van der Waals surface area contributed by atoms with Gasteiger partial charge in [-0.2, -0.15) is 0 Å². The van der Waals surface area contributed by atoms with Gasteiger partial charge in [-0.3, -0.25) is 4.79 Å². The van der Waals surface area contributed by atoms with Gasteiger partial charge in [-0.05, 0) is 36.1 Å². The summed E-state index contributed by atoms with van der Waals surface area (Å²) in [5.41, 5.74) is 2.25. The molecule has 1 amide bonds. The van der Waals surface area contributed by atoms with Gasteiger partial charge < -0.3 is 10.2 Å². The second kappa shape index (κ2) is 8.43. The number of carbonyl (C=O) groups is 1. The SMILES string of the molecule is CCCCN(C)c1ccc(C(=O)Nc2ccccc2C(C)C)nn1. The summed E-state index contributed by atoms with van der Waals surface area (Å²) < 4.78 is 0. The number of nitrogens with one attached hydrogen (secondary N) is 1. The van der Waals surface area contributed by atoms with Crippen molar-refractivity contribution >= 4 is 17.4 Å². The third-order valence-corrected chi connectivity index (χ3v) is 3.95. The predicted molar refractivity (Wildman–Crippen MR) is 98.7 cm³/mol. The van der Waals surface area contributed by atoms with Crippen molar-refractivity contribution in [1.82, 2.24) is 10.2 Å². The Bertz CT molecular complexity index is 667. The van der Waals surface area contributed by atoms with E-state index in [-0.39, 0.29) is 5.91 Å². The maximum Gasteiger partial charge on any atom is 0.276 e. The number of para-hydroxylation sites is 1. The Hall–Kier alpha value is -2.43. The molecule has 2 aromatic rings. The standard InChI is InChI=1S/C19H26N4O/c1-5-6-13-23(4)18-12-11-17(21-22-18)19(24)20-16-10-8-7-9-15(16)14(2)3/h7-12,14H,5-6,13H2,1-4H3,(H,20,24). The van der Waals surface area contributed by atoms with E-state index in [1.54, 1.807) is 6.07 Å². The van der Waals surface area contributed by atoms with Crippen molar-refractivity contribution < 1.29 is 4.79 Å². The molecule has 0 spiro atoms. The van der Waals surface area contributed by atoms with E-state index >= 15 is 0 Å². The summed E-state index contributed by atoms with van der Waals surface area (Å²) in [6, 6.07) is 11.4. The zero-order valence-electron chi connectivity index (χ0n) is 14.9. The molecule has 5 heteroatoms. The van der Waals surface area contributed by atoms with Gasteiger partial charge in [-0.1, -0.05) is 45.4 Å². The molecule has 1 aromatic heterocycles. The summed E-state index contributed by atoms with van der Waals surface area (Å²) in [5, 5.41) is 11.2. The Labute approximate surface area is 144 Å². The van der Waals surface area contributed by atoms with Gasteiger partial charge in [0.05, 0.1) is 0 Å². The molecule has 0 aliphatic heterocycles. The van der Waals surface area contributed by atoms with E-state index in [0.717, 1.165) is 36.5 Å². The summed E-state index contributed by atoms with van der Waals surface area (Å²) in [7, 11) is 1.98. The van der Waals surface area contributed by atoms with Gasteiger partial charge in [0.1, 0.15) is 0 Å². The number of anilines is 2. The average molecular weight is 326 g/mol. The Morgan fingerprint density at radius 3 is 2.54 bits per heavy atom. The highest BCUT2D eigenvalue weighted by Gasteiger charge is 2.13. The smallest absolute Gasteiger partial charge is 0.276 e. The Morgan fingerprint density at radius 1 is 1.17 bits per heavy atom. The minimum Gasteiger partial charge on any atom is -0.358 e. The van der Waals surface area contributed by atoms with Crippen molar-refractivity contribution in [1.29, 1.82) is 0 Å². The van der Waals surface area contributed by atoms with Crippen LogP contribution in [0.5, 0.6) is 0 Å². The first kappa shape index (κ1) is 17.9. The number of nitrogens with zero attached hydrogens (tertiary/aromatic N) is 3. The number of amides is 1. The van der Waals surface area contributed by atoms with E-state index in [1.165, 1.54) is 0 Å². The van der Waals surface area contributed by atoms with Gasteiger partial charge in [0.2, 0.25) is 0 Å². The number of carbonyl (C=O) groups excluding carboxylic acids is 1. The molecule has 1 N–H and O–H groups in total. The van der Waals surface area contributed by atoms with Crippen LogP contribution in [-0.2, 0) is 0 Å². The molecule has 0 atom stereocenters. The van der Waals surface area contributed by atoms with Crippen molar-refractivity contribution in [2.45, 2.75) is 39.5 Å². The van der Waals surface area contributed by atoms with E-state index in [9.17, 15) is 4.79 Å². The number of unbranched alkanes of at least 4 members (excludes halogenated alkanes) is 1. The quantitative estimate of drug-likeness (QED) is 0.832. The highest BCUT2D eigenvalue weighted by atomic mass is 16.1. The third-order valence-electron chi connectivity index (χ3n) is 3.95. The number of hydrogen-bond acceptors (Lipinski definition) is 4. The van der Waals surface area contributed by atoms with E-state index in [4.69, 9.17) is 0 Å². The normalized spacial score (nSPS) is 10.7. The fourth-order valence-corrected chi connectivity index (χ4v) is 2.46. The fourth-order valence-electron chi connectivity index (χ4n) is 2.46. The van der Waals surface area contributed by atoms with E-state index < -0.39 is 0 Å². The van der Waals surface area contributed by atoms with Gasteiger partial charge in [0.25, 0.3) is 5.91 Å². The van der Waals surface area contributed by atoms with Gasteiger partial charge in [0.15, 0.2) is 11.5 Å². The molecule has 1 heterocycles. The molecule has 0 saturated carbocycles. The van der Waals surface area contributed by atoms with Crippen molar-refractivity contribution in [2.75, 3.05) is 23.8 Å². The fraction of sp³-hybridized carbons (Fsp3) is 0.421. The maximum absolute atomic E-state index is 12.4. The summed E-state index contributed by atoms with van der Waals surface area (Å²) in [4.78, 5) is 14.5. The van der Waals surface area contributed by atoms with Gasteiger partial charge in [0, 0.05) is 19.3 Å². The lowest BCUT2D eigenvalue weighted by Crippen LogP contribution is -2.21. The van der Waals surface area contributed by atoms with Crippen molar-refractivity contribution in [3.63, 3.8) is 0 Å². The van der Waals surface area contributed by atoms with Crippen LogP contribution in [0.25, 0.3) is 0 Å². The number of rotatable bonds is 7. The second-order valence-electron chi connectivity index (χ2n) is 6.25. The van der Waals surface area contributed by atoms with Crippen LogP contribution in [0, 0.1) is 0 Å². The topological polar surface area (TPSA) is 58.1 Å². The molecule has 0 bridgehead atoms. The van der Waals surface area contributed by atoms with Crippen LogP contribution in [0.15, 0.2) is 36.4 Å². The second-order valence-corrected chi connectivity index (χ2v) is 6.25. The lowest BCUT2D eigenvalue weighted by atomic mass is 10.0. The van der Waals surface area contributed by atoms with Crippen LogP contribution < -0.4 is 10.2 Å². The summed E-state index contributed by atoms with van der Waals surface area (Å²) in [6.45, 7) is 7.29. The zero-order chi connectivity index (χ0) is 17.5. The highest BCUT2D eigenvalue weighted by molar-refractivity contribution is 6.03. The summed E-state index contributed by atoms with van der Waals surface area (Å²) in [5.74, 6) is 0.878. The van der Waals surface area contributed by atoms with Crippen molar-refractivity contribution in [3.8, 4) is 0 Å². The molecule has 0 aliphatic carbocycles. The highest BCUT2D eigenvalue weighted by Crippen LogP contribution is 2.24. The summed E-state index contributed by atoms with van der Waals surface area (Å²) >= 11 is 0. The molecule has 0 unspecified atom stereocenters. The van der Waals surface area contributed by atoms with Crippen LogP contribution in [0.1, 0.15) is 55.6 Å². The monoisotopic (exact) mass is 326 g/mol. The first-order chi connectivity index (χ1) is 11.5. The van der Waals surface area contributed by atoms with Crippen LogP contribution in [0.2, 0.25) is 0 Å². The molecule has 24 heavy (non-hydrogen) atoms. The van der Waals surface area contributed by atoms with Gasteiger partial charge >= 0.3 is 0 Å². The molecule has 0 radical (unpaired) electrons. The van der Waals surface area contributed by atoms with Gasteiger partial charge in [-0.25, -0.2) is 0 Å². The minimum atomic E-state index is -0.238. The van der Waals surface area contributed by atoms with Crippen molar-refractivity contribution in [2.24, 2.45) is 0 Å². The molecule has 128 valence electrons. The largest absolute Gasteiger partial charge is 0.358 e. The predicted octanol–water partition coefficient (Wildman–Crippen LogP) is 4.09. The number of benzene rings is 1. The van der Waals surface area contributed by atoms with E-state index in [0.29, 0.717) is 11.6 Å². The molecule has 0 fully saturated rings.